The maximum absolute atomic E-state index is 13.7. The molecule has 0 fully saturated rings. The van der Waals surface area contributed by atoms with Crippen LogP contribution in [0.1, 0.15) is 11.1 Å². The summed E-state index contributed by atoms with van der Waals surface area (Å²) in [5.41, 5.74) is 2.82. The molecular formula is C23H18FNO3. The Bertz CT molecular complexity index is 1130. The molecule has 4 nitrogen and oxygen atoms in total. The van der Waals surface area contributed by atoms with Crippen LogP contribution >= 0.6 is 0 Å². The van der Waals surface area contributed by atoms with Gasteiger partial charge in [-0.2, -0.15) is 0 Å². The number of halogens is 1. The number of ether oxygens (including phenoxy) is 1. The highest BCUT2D eigenvalue weighted by Crippen LogP contribution is 2.26. The molecule has 0 atom stereocenters. The first kappa shape index (κ1) is 17.8. The Morgan fingerprint density at radius 2 is 1.68 bits per heavy atom. The summed E-state index contributed by atoms with van der Waals surface area (Å²) < 4.78 is 21.3. The van der Waals surface area contributed by atoms with Gasteiger partial charge in [0.25, 0.3) is 0 Å². The summed E-state index contributed by atoms with van der Waals surface area (Å²) >= 11 is 0. The van der Waals surface area contributed by atoms with E-state index in [2.05, 4.69) is 0 Å². The summed E-state index contributed by atoms with van der Waals surface area (Å²) in [6.07, 6.45) is 1.88. The average molecular weight is 375 g/mol. The molecule has 0 spiro atoms. The van der Waals surface area contributed by atoms with Crippen molar-refractivity contribution in [2.24, 2.45) is 0 Å². The smallest absolute Gasteiger partial charge is 0.307 e. The minimum Gasteiger partial charge on any atom is -0.481 e. The van der Waals surface area contributed by atoms with Gasteiger partial charge in [0, 0.05) is 23.6 Å². The maximum Gasteiger partial charge on any atom is 0.307 e. The van der Waals surface area contributed by atoms with Crippen molar-refractivity contribution in [1.29, 1.82) is 0 Å². The van der Waals surface area contributed by atoms with Gasteiger partial charge in [0.15, 0.2) is 11.6 Å². The SMILES string of the molecule is O=C(O)Cc1cn(Cc2ccc(Oc3ccccc3F)cc2)c2ccccc12. The second-order valence-electron chi connectivity index (χ2n) is 6.55. The van der Waals surface area contributed by atoms with Crippen molar-refractivity contribution in [2.75, 3.05) is 0 Å². The minimum atomic E-state index is -0.849. The molecule has 5 heteroatoms. The largest absolute Gasteiger partial charge is 0.481 e. The van der Waals surface area contributed by atoms with Crippen molar-refractivity contribution in [3.05, 3.63) is 95.9 Å². The molecule has 1 aromatic heterocycles. The lowest BCUT2D eigenvalue weighted by Gasteiger charge is -2.09. The maximum atomic E-state index is 13.7. The highest BCUT2D eigenvalue weighted by atomic mass is 19.1. The molecule has 0 aliphatic heterocycles. The van der Waals surface area contributed by atoms with E-state index in [0.717, 1.165) is 22.0 Å². The van der Waals surface area contributed by atoms with Crippen molar-refractivity contribution < 1.29 is 19.0 Å². The van der Waals surface area contributed by atoms with E-state index in [1.165, 1.54) is 6.07 Å². The average Bonchev–Trinajstić information content (AvgIpc) is 3.02. The number of aliphatic carboxylic acids is 1. The first-order valence-electron chi connectivity index (χ1n) is 8.90. The van der Waals surface area contributed by atoms with E-state index in [0.29, 0.717) is 12.3 Å². The lowest BCUT2D eigenvalue weighted by molar-refractivity contribution is -0.136. The molecular weight excluding hydrogens is 357 g/mol. The zero-order valence-corrected chi connectivity index (χ0v) is 15.0. The van der Waals surface area contributed by atoms with Gasteiger partial charge in [-0.3, -0.25) is 4.79 Å². The fraction of sp³-hybridized carbons (Fsp3) is 0.0870. The number of fused-ring (bicyclic) bond motifs is 1. The number of benzene rings is 3. The molecule has 1 heterocycles. The summed E-state index contributed by atoms with van der Waals surface area (Å²) in [5, 5.41) is 10.1. The van der Waals surface area contributed by atoms with Crippen molar-refractivity contribution in [3.8, 4) is 11.5 Å². The molecule has 1 N–H and O–H groups in total. The third kappa shape index (κ3) is 3.74. The van der Waals surface area contributed by atoms with Gasteiger partial charge in [-0.25, -0.2) is 4.39 Å². The number of carboxylic acid groups (broad SMARTS) is 1. The van der Waals surface area contributed by atoms with Gasteiger partial charge in [-0.05, 0) is 41.5 Å². The Morgan fingerprint density at radius 3 is 2.43 bits per heavy atom. The van der Waals surface area contributed by atoms with Gasteiger partial charge >= 0.3 is 5.97 Å². The molecule has 0 saturated carbocycles. The zero-order chi connectivity index (χ0) is 19.5. The summed E-state index contributed by atoms with van der Waals surface area (Å²) in [5.74, 6) is -0.517. The van der Waals surface area contributed by atoms with Crippen molar-refractivity contribution in [2.45, 2.75) is 13.0 Å². The predicted molar refractivity (Wildman–Crippen MR) is 105 cm³/mol. The zero-order valence-electron chi connectivity index (χ0n) is 15.0. The van der Waals surface area contributed by atoms with Crippen molar-refractivity contribution >= 4 is 16.9 Å². The van der Waals surface area contributed by atoms with Crippen LogP contribution in [0, 0.1) is 5.82 Å². The summed E-state index contributed by atoms with van der Waals surface area (Å²) in [7, 11) is 0. The van der Waals surface area contributed by atoms with E-state index in [9.17, 15) is 9.18 Å². The number of para-hydroxylation sites is 2. The molecule has 0 aliphatic carbocycles. The van der Waals surface area contributed by atoms with E-state index in [1.54, 1.807) is 30.3 Å². The van der Waals surface area contributed by atoms with Gasteiger partial charge in [-0.1, -0.05) is 42.5 Å². The quantitative estimate of drug-likeness (QED) is 0.501. The summed E-state index contributed by atoms with van der Waals surface area (Å²) in [6, 6.07) is 21.5. The molecule has 140 valence electrons. The molecule has 0 unspecified atom stereocenters. The van der Waals surface area contributed by atoms with Crippen LogP contribution in [0.3, 0.4) is 0 Å². The monoisotopic (exact) mass is 375 g/mol. The highest BCUT2D eigenvalue weighted by Gasteiger charge is 2.11. The molecule has 28 heavy (non-hydrogen) atoms. The summed E-state index contributed by atoms with van der Waals surface area (Å²) in [4.78, 5) is 11.1. The van der Waals surface area contributed by atoms with Crippen LogP contribution in [0.25, 0.3) is 10.9 Å². The Kier molecular flexibility index (Phi) is 4.81. The van der Waals surface area contributed by atoms with E-state index in [1.807, 2.05) is 47.2 Å². The Balaban J connectivity index is 1.56. The molecule has 0 aliphatic rings. The van der Waals surface area contributed by atoms with Gasteiger partial charge in [-0.15, -0.1) is 0 Å². The van der Waals surface area contributed by atoms with Gasteiger partial charge in [0.1, 0.15) is 5.75 Å². The topological polar surface area (TPSA) is 51.5 Å². The van der Waals surface area contributed by atoms with E-state index in [4.69, 9.17) is 9.84 Å². The number of aromatic nitrogens is 1. The van der Waals surface area contributed by atoms with Gasteiger partial charge in [0.05, 0.1) is 6.42 Å². The Labute approximate surface area is 161 Å². The van der Waals surface area contributed by atoms with Crippen LogP contribution in [-0.4, -0.2) is 15.6 Å². The second-order valence-corrected chi connectivity index (χ2v) is 6.55. The normalized spacial score (nSPS) is 10.9. The third-order valence-electron chi connectivity index (χ3n) is 4.55. The molecule has 0 amide bonds. The Morgan fingerprint density at radius 1 is 0.964 bits per heavy atom. The standard InChI is InChI=1S/C23H18FNO3/c24-20-6-2-4-8-22(20)28-18-11-9-16(10-12-18)14-25-15-17(13-23(26)27)19-5-1-3-7-21(19)25/h1-12,15H,13-14H2,(H,26,27). The van der Waals surface area contributed by atoms with Crippen molar-refractivity contribution in [1.82, 2.24) is 4.57 Å². The van der Waals surface area contributed by atoms with E-state index in [-0.39, 0.29) is 12.2 Å². The Hall–Kier alpha value is -3.60. The van der Waals surface area contributed by atoms with Gasteiger partial charge < -0.3 is 14.4 Å². The minimum absolute atomic E-state index is 0.0110. The summed E-state index contributed by atoms with van der Waals surface area (Å²) in [6.45, 7) is 0.597. The number of hydrogen-bond donors (Lipinski definition) is 1. The number of hydrogen-bond acceptors (Lipinski definition) is 2. The van der Waals surface area contributed by atoms with Crippen LogP contribution < -0.4 is 4.74 Å². The van der Waals surface area contributed by atoms with Crippen LogP contribution in [0.4, 0.5) is 4.39 Å². The van der Waals surface area contributed by atoms with Crippen LogP contribution in [0.5, 0.6) is 11.5 Å². The number of rotatable bonds is 6. The molecule has 4 aromatic rings. The first-order chi connectivity index (χ1) is 13.6. The fourth-order valence-corrected chi connectivity index (χ4v) is 3.27. The molecule has 0 bridgehead atoms. The number of nitrogens with zero attached hydrogens (tertiary/aromatic N) is 1. The number of carbonyl (C=O) groups is 1. The van der Waals surface area contributed by atoms with E-state index >= 15 is 0 Å². The van der Waals surface area contributed by atoms with Crippen LogP contribution in [-0.2, 0) is 17.8 Å². The fourth-order valence-electron chi connectivity index (χ4n) is 3.27. The molecule has 4 rings (SSSR count). The van der Waals surface area contributed by atoms with Crippen LogP contribution in [0.2, 0.25) is 0 Å². The number of carboxylic acids is 1. The van der Waals surface area contributed by atoms with E-state index < -0.39 is 11.8 Å². The predicted octanol–water partition coefficient (Wildman–Crippen LogP) is 5.25. The first-order valence-corrected chi connectivity index (χ1v) is 8.90. The molecule has 0 saturated heterocycles. The lowest BCUT2D eigenvalue weighted by atomic mass is 10.1. The molecule has 0 radical (unpaired) electrons. The van der Waals surface area contributed by atoms with Gasteiger partial charge in [0.2, 0.25) is 0 Å². The third-order valence-corrected chi connectivity index (χ3v) is 4.55. The second kappa shape index (κ2) is 7.56. The highest BCUT2D eigenvalue weighted by molar-refractivity contribution is 5.87. The molecule has 3 aromatic carbocycles. The van der Waals surface area contributed by atoms with Crippen LogP contribution in [0.15, 0.2) is 79.0 Å². The van der Waals surface area contributed by atoms with Crippen molar-refractivity contribution in [3.63, 3.8) is 0 Å². The lowest BCUT2D eigenvalue weighted by Crippen LogP contribution is -2.00.